The van der Waals surface area contributed by atoms with Gasteiger partial charge in [-0.1, -0.05) is 26.2 Å². The van der Waals surface area contributed by atoms with E-state index in [9.17, 15) is 9.59 Å². The summed E-state index contributed by atoms with van der Waals surface area (Å²) in [5.74, 6) is -0.479. The van der Waals surface area contributed by atoms with Gasteiger partial charge in [0.25, 0.3) is 0 Å². The summed E-state index contributed by atoms with van der Waals surface area (Å²) in [6.45, 7) is 3.16. The summed E-state index contributed by atoms with van der Waals surface area (Å²) in [7, 11) is 1.36. The van der Waals surface area contributed by atoms with E-state index in [-0.39, 0.29) is 36.9 Å². The average molecular weight is 315 g/mol. The van der Waals surface area contributed by atoms with Crippen LogP contribution in [0.15, 0.2) is 0 Å². The van der Waals surface area contributed by atoms with Gasteiger partial charge in [0.05, 0.1) is 32.8 Å². The van der Waals surface area contributed by atoms with E-state index in [1.807, 2.05) is 0 Å². The number of hydrogen-bond acceptors (Lipinski definition) is 5. The van der Waals surface area contributed by atoms with Crippen molar-refractivity contribution in [2.75, 3.05) is 40.0 Å². The molecular weight excluding hydrogens is 286 g/mol. The average Bonchev–Trinajstić information content (AvgIpc) is 2.56. The van der Waals surface area contributed by atoms with Crippen molar-refractivity contribution in [2.45, 2.75) is 39.0 Å². The first-order chi connectivity index (χ1) is 10.6. The van der Waals surface area contributed by atoms with Crippen LogP contribution in [0.1, 0.15) is 39.0 Å². The zero-order chi connectivity index (χ0) is 16.4. The molecule has 0 aromatic heterocycles. The second-order valence-corrected chi connectivity index (χ2v) is 5.88. The van der Waals surface area contributed by atoms with Gasteiger partial charge in [0.2, 0.25) is 5.91 Å². The molecule has 1 aliphatic rings. The first-order valence-corrected chi connectivity index (χ1v) is 8.15. The van der Waals surface area contributed by atoms with Crippen molar-refractivity contribution in [2.24, 2.45) is 11.8 Å². The lowest BCUT2D eigenvalue weighted by Gasteiger charge is -2.30. The van der Waals surface area contributed by atoms with E-state index in [2.05, 4.69) is 0 Å². The number of methoxy groups -OCH3 is 1. The van der Waals surface area contributed by atoms with E-state index in [1.54, 1.807) is 11.8 Å². The van der Waals surface area contributed by atoms with Gasteiger partial charge in [-0.2, -0.15) is 0 Å². The third kappa shape index (κ3) is 6.32. The van der Waals surface area contributed by atoms with E-state index in [4.69, 9.17) is 14.6 Å². The molecule has 6 heteroatoms. The normalized spacial score (nSPS) is 17.0. The zero-order valence-electron chi connectivity index (χ0n) is 13.8. The van der Waals surface area contributed by atoms with E-state index < -0.39 is 0 Å². The van der Waals surface area contributed by atoms with Crippen molar-refractivity contribution in [1.29, 1.82) is 0 Å². The Hall–Kier alpha value is -1.14. The van der Waals surface area contributed by atoms with Crippen molar-refractivity contribution in [3.05, 3.63) is 0 Å². The summed E-state index contributed by atoms with van der Waals surface area (Å²) in [5, 5.41) is 8.73. The molecule has 0 aromatic rings. The Morgan fingerprint density at radius 1 is 1.23 bits per heavy atom. The fraction of sp³-hybridized carbons (Fsp3) is 0.875. The van der Waals surface area contributed by atoms with Crippen LogP contribution in [-0.4, -0.2) is 61.9 Å². The molecule has 128 valence electrons. The topological polar surface area (TPSA) is 76.1 Å². The molecule has 1 saturated carbocycles. The highest BCUT2D eigenvalue weighted by atomic mass is 16.5. The number of aliphatic hydroxyl groups excluding tert-OH is 1. The van der Waals surface area contributed by atoms with Gasteiger partial charge in [0, 0.05) is 19.0 Å². The highest BCUT2D eigenvalue weighted by Gasteiger charge is 2.28. The Labute approximate surface area is 132 Å². The molecule has 1 N–H and O–H groups in total. The highest BCUT2D eigenvalue weighted by Crippen LogP contribution is 2.25. The van der Waals surface area contributed by atoms with Crippen LogP contribution in [0, 0.1) is 11.8 Å². The number of ether oxygens (including phenoxy) is 2. The van der Waals surface area contributed by atoms with E-state index in [1.165, 1.54) is 13.5 Å². The molecule has 0 heterocycles. The second-order valence-electron chi connectivity index (χ2n) is 5.88. The molecule has 1 aliphatic carbocycles. The summed E-state index contributed by atoms with van der Waals surface area (Å²) < 4.78 is 10.00. The molecule has 0 aromatic carbocycles. The van der Waals surface area contributed by atoms with Crippen LogP contribution in [-0.2, 0) is 19.1 Å². The van der Waals surface area contributed by atoms with Gasteiger partial charge in [-0.3, -0.25) is 9.59 Å². The van der Waals surface area contributed by atoms with Crippen LogP contribution in [0.25, 0.3) is 0 Å². The standard InChI is InChI=1S/C16H29NO5/c1-13(16(20)21-2)12-17(8-10-22-11-9-18)15(19)14-6-4-3-5-7-14/h13-14,18H,3-12H2,1-2H3. The van der Waals surface area contributed by atoms with E-state index in [0.717, 1.165) is 25.7 Å². The van der Waals surface area contributed by atoms with Gasteiger partial charge in [0.1, 0.15) is 0 Å². The Bertz CT molecular complexity index is 341. The number of aliphatic hydroxyl groups is 1. The van der Waals surface area contributed by atoms with Gasteiger partial charge >= 0.3 is 5.97 Å². The Balaban J connectivity index is 2.58. The molecule has 0 spiro atoms. The molecule has 0 radical (unpaired) electrons. The van der Waals surface area contributed by atoms with Crippen molar-refractivity contribution in [3.63, 3.8) is 0 Å². The van der Waals surface area contributed by atoms with Gasteiger partial charge in [-0.25, -0.2) is 0 Å². The maximum Gasteiger partial charge on any atom is 0.310 e. The lowest BCUT2D eigenvalue weighted by molar-refractivity contribution is -0.147. The van der Waals surface area contributed by atoms with Crippen molar-refractivity contribution < 1.29 is 24.2 Å². The quantitative estimate of drug-likeness (QED) is 0.511. The molecule has 6 nitrogen and oxygen atoms in total. The molecule has 0 saturated heterocycles. The fourth-order valence-corrected chi connectivity index (χ4v) is 2.85. The minimum atomic E-state index is -0.351. The van der Waals surface area contributed by atoms with Crippen LogP contribution in [0.4, 0.5) is 0 Å². The van der Waals surface area contributed by atoms with Crippen molar-refractivity contribution >= 4 is 11.9 Å². The van der Waals surface area contributed by atoms with Crippen LogP contribution in [0.5, 0.6) is 0 Å². The molecule has 1 atom stereocenters. The SMILES string of the molecule is COC(=O)C(C)CN(CCOCCO)C(=O)C1CCCCC1. The minimum Gasteiger partial charge on any atom is -0.469 e. The third-order valence-electron chi connectivity index (χ3n) is 4.11. The van der Waals surface area contributed by atoms with Crippen molar-refractivity contribution in [3.8, 4) is 0 Å². The molecule has 0 bridgehead atoms. The van der Waals surface area contributed by atoms with Crippen molar-refractivity contribution in [1.82, 2.24) is 4.90 Å². The lowest BCUT2D eigenvalue weighted by Crippen LogP contribution is -2.43. The largest absolute Gasteiger partial charge is 0.469 e. The Kier molecular flexibility index (Phi) is 9.08. The number of carbonyl (C=O) groups is 2. The highest BCUT2D eigenvalue weighted by molar-refractivity contribution is 5.80. The van der Waals surface area contributed by atoms with Gasteiger partial charge in [-0.15, -0.1) is 0 Å². The smallest absolute Gasteiger partial charge is 0.310 e. The zero-order valence-corrected chi connectivity index (χ0v) is 13.8. The van der Waals surface area contributed by atoms with Crippen LogP contribution in [0.3, 0.4) is 0 Å². The van der Waals surface area contributed by atoms with Gasteiger partial charge < -0.3 is 19.5 Å². The number of rotatable bonds is 9. The molecule has 1 unspecified atom stereocenters. The minimum absolute atomic E-state index is 0.0326. The lowest BCUT2D eigenvalue weighted by atomic mass is 9.88. The summed E-state index contributed by atoms with van der Waals surface area (Å²) >= 11 is 0. The first-order valence-electron chi connectivity index (χ1n) is 8.15. The third-order valence-corrected chi connectivity index (χ3v) is 4.11. The van der Waals surface area contributed by atoms with Crippen LogP contribution in [0.2, 0.25) is 0 Å². The van der Waals surface area contributed by atoms with Gasteiger partial charge in [0.15, 0.2) is 0 Å². The Morgan fingerprint density at radius 2 is 1.91 bits per heavy atom. The summed E-state index contributed by atoms with van der Waals surface area (Å²) in [4.78, 5) is 26.0. The molecule has 22 heavy (non-hydrogen) atoms. The number of amides is 1. The second kappa shape index (κ2) is 10.6. The number of carbonyl (C=O) groups excluding carboxylic acids is 2. The Morgan fingerprint density at radius 3 is 2.50 bits per heavy atom. The van der Waals surface area contributed by atoms with E-state index >= 15 is 0 Å². The predicted molar refractivity (Wildman–Crippen MR) is 82.2 cm³/mol. The maximum atomic E-state index is 12.7. The first kappa shape index (κ1) is 18.9. The number of esters is 1. The number of nitrogens with zero attached hydrogens (tertiary/aromatic N) is 1. The molecule has 0 aliphatic heterocycles. The maximum absolute atomic E-state index is 12.7. The number of hydrogen-bond donors (Lipinski definition) is 1. The van der Waals surface area contributed by atoms with Crippen LogP contribution < -0.4 is 0 Å². The molecule has 1 fully saturated rings. The van der Waals surface area contributed by atoms with E-state index in [0.29, 0.717) is 19.7 Å². The summed E-state index contributed by atoms with van der Waals surface area (Å²) in [6, 6.07) is 0. The summed E-state index contributed by atoms with van der Waals surface area (Å²) in [6.07, 6.45) is 5.25. The molecule has 1 amide bonds. The predicted octanol–water partition coefficient (Wildman–Crippen LogP) is 1.21. The van der Waals surface area contributed by atoms with Gasteiger partial charge in [-0.05, 0) is 12.8 Å². The fourth-order valence-electron chi connectivity index (χ4n) is 2.85. The summed E-state index contributed by atoms with van der Waals surface area (Å²) in [5.41, 5.74) is 0. The molecule has 1 rings (SSSR count). The molecular formula is C16H29NO5. The van der Waals surface area contributed by atoms with Crippen LogP contribution >= 0.6 is 0 Å². The monoisotopic (exact) mass is 315 g/mol.